The zero-order valence-electron chi connectivity index (χ0n) is 11.5. The van der Waals surface area contributed by atoms with Gasteiger partial charge in [-0.05, 0) is 43.2 Å². The number of aromatic nitrogens is 1. The summed E-state index contributed by atoms with van der Waals surface area (Å²) < 4.78 is 38.2. The predicted octanol–water partition coefficient (Wildman–Crippen LogP) is 4.64. The van der Waals surface area contributed by atoms with E-state index in [9.17, 15) is 13.2 Å². The number of halogens is 3. The maximum Gasteiger partial charge on any atom is 0.416 e. The van der Waals surface area contributed by atoms with Crippen molar-refractivity contribution in [1.29, 1.82) is 0 Å². The Kier molecular flexibility index (Phi) is 4.16. The summed E-state index contributed by atoms with van der Waals surface area (Å²) in [6, 6.07) is 5.47. The molecule has 0 bridgehead atoms. The van der Waals surface area contributed by atoms with Crippen LogP contribution >= 0.6 is 0 Å². The van der Waals surface area contributed by atoms with Crippen LogP contribution in [0.15, 0.2) is 24.3 Å². The highest BCUT2D eigenvalue weighted by molar-refractivity contribution is 5.82. The van der Waals surface area contributed by atoms with Crippen LogP contribution < -0.4 is 5.32 Å². The van der Waals surface area contributed by atoms with Crippen LogP contribution in [0.25, 0.3) is 10.9 Å². The first-order valence-corrected chi connectivity index (χ1v) is 6.70. The largest absolute Gasteiger partial charge is 0.416 e. The summed E-state index contributed by atoms with van der Waals surface area (Å²) in [7, 11) is 0. The van der Waals surface area contributed by atoms with Gasteiger partial charge in [0.05, 0.1) is 11.1 Å². The SMILES string of the molecule is CCCc1cc2cc(C(F)(F)F)ccc2nc1NCC. The van der Waals surface area contributed by atoms with Gasteiger partial charge < -0.3 is 5.32 Å². The molecule has 1 heterocycles. The molecular weight excluding hydrogens is 265 g/mol. The molecule has 0 saturated carbocycles. The molecule has 2 rings (SSSR count). The van der Waals surface area contributed by atoms with Crippen LogP contribution in [0.5, 0.6) is 0 Å². The molecule has 108 valence electrons. The van der Waals surface area contributed by atoms with Crippen molar-refractivity contribution < 1.29 is 13.2 Å². The van der Waals surface area contributed by atoms with Crippen LogP contribution in [0.2, 0.25) is 0 Å². The van der Waals surface area contributed by atoms with Crippen molar-refractivity contribution in [3.63, 3.8) is 0 Å². The van der Waals surface area contributed by atoms with Crippen LogP contribution in [0.4, 0.5) is 19.0 Å². The maximum absolute atomic E-state index is 12.7. The fourth-order valence-corrected chi connectivity index (χ4v) is 2.18. The Morgan fingerprint density at radius 1 is 1.15 bits per heavy atom. The summed E-state index contributed by atoms with van der Waals surface area (Å²) in [6.45, 7) is 4.73. The molecule has 0 amide bonds. The number of alkyl halides is 3. The molecule has 2 nitrogen and oxygen atoms in total. The van der Waals surface area contributed by atoms with E-state index in [0.29, 0.717) is 10.9 Å². The summed E-state index contributed by atoms with van der Waals surface area (Å²) >= 11 is 0. The quantitative estimate of drug-likeness (QED) is 0.883. The van der Waals surface area contributed by atoms with Crippen molar-refractivity contribution >= 4 is 16.7 Å². The molecule has 0 fully saturated rings. The van der Waals surface area contributed by atoms with E-state index >= 15 is 0 Å². The molecule has 0 aliphatic heterocycles. The lowest BCUT2D eigenvalue weighted by molar-refractivity contribution is -0.137. The molecule has 0 atom stereocenters. The zero-order chi connectivity index (χ0) is 14.8. The number of nitrogens with zero attached hydrogens (tertiary/aromatic N) is 1. The number of benzene rings is 1. The molecule has 5 heteroatoms. The van der Waals surface area contributed by atoms with E-state index < -0.39 is 11.7 Å². The first-order chi connectivity index (χ1) is 9.45. The lowest BCUT2D eigenvalue weighted by Gasteiger charge is -2.12. The van der Waals surface area contributed by atoms with Gasteiger partial charge in [0.1, 0.15) is 5.82 Å². The Balaban J connectivity index is 2.55. The summed E-state index contributed by atoms with van der Waals surface area (Å²) in [5, 5.41) is 3.70. The third kappa shape index (κ3) is 3.03. The molecular formula is C15H17F3N2. The van der Waals surface area contributed by atoms with Gasteiger partial charge in [0.15, 0.2) is 0 Å². The van der Waals surface area contributed by atoms with Crippen LogP contribution in [0, 0.1) is 0 Å². The minimum absolute atomic E-state index is 0.532. The second-order valence-electron chi connectivity index (χ2n) is 4.68. The summed E-state index contributed by atoms with van der Waals surface area (Å²) in [6.07, 6.45) is -2.61. The molecule has 1 aromatic heterocycles. The Morgan fingerprint density at radius 2 is 1.90 bits per heavy atom. The number of nitrogens with one attached hydrogen (secondary N) is 1. The van der Waals surface area contributed by atoms with Gasteiger partial charge >= 0.3 is 6.18 Å². The standard InChI is InChI=1S/C15H17F3N2/c1-3-5-10-8-11-9-12(15(16,17)18)6-7-13(11)20-14(10)19-4-2/h6-9H,3-5H2,1-2H3,(H,19,20). The number of aryl methyl sites for hydroxylation is 1. The number of hydrogen-bond donors (Lipinski definition) is 1. The van der Waals surface area contributed by atoms with Gasteiger partial charge in [-0.3, -0.25) is 0 Å². The highest BCUT2D eigenvalue weighted by Gasteiger charge is 2.30. The van der Waals surface area contributed by atoms with Gasteiger partial charge in [0.2, 0.25) is 0 Å². The first kappa shape index (κ1) is 14.6. The number of fused-ring (bicyclic) bond motifs is 1. The second-order valence-corrected chi connectivity index (χ2v) is 4.68. The Hall–Kier alpha value is -1.78. The van der Waals surface area contributed by atoms with Gasteiger partial charge in [-0.25, -0.2) is 4.98 Å². The van der Waals surface area contributed by atoms with E-state index in [4.69, 9.17) is 0 Å². The molecule has 0 aliphatic rings. The number of rotatable bonds is 4. The highest BCUT2D eigenvalue weighted by Crippen LogP contribution is 2.32. The van der Waals surface area contributed by atoms with Crippen LogP contribution in [-0.2, 0) is 12.6 Å². The van der Waals surface area contributed by atoms with Crippen molar-refractivity contribution in [2.45, 2.75) is 32.9 Å². The summed E-state index contributed by atoms with van der Waals surface area (Å²) in [4.78, 5) is 4.43. The average Bonchev–Trinajstić information content (AvgIpc) is 2.38. The lowest BCUT2D eigenvalue weighted by atomic mass is 10.1. The molecule has 0 saturated heterocycles. The first-order valence-electron chi connectivity index (χ1n) is 6.70. The van der Waals surface area contributed by atoms with E-state index in [1.54, 1.807) is 6.07 Å². The third-order valence-corrected chi connectivity index (χ3v) is 3.08. The van der Waals surface area contributed by atoms with Gasteiger partial charge in [0.25, 0.3) is 0 Å². The predicted molar refractivity (Wildman–Crippen MR) is 74.9 cm³/mol. The molecule has 1 N–H and O–H groups in total. The molecule has 0 unspecified atom stereocenters. The molecule has 0 radical (unpaired) electrons. The molecule has 2 aromatic rings. The molecule has 1 aromatic carbocycles. The molecule has 20 heavy (non-hydrogen) atoms. The van der Waals surface area contributed by atoms with Crippen molar-refractivity contribution in [1.82, 2.24) is 4.98 Å². The van der Waals surface area contributed by atoms with E-state index in [-0.39, 0.29) is 0 Å². The Bertz CT molecular complexity index is 606. The van der Waals surface area contributed by atoms with E-state index in [0.717, 1.165) is 42.9 Å². The smallest absolute Gasteiger partial charge is 0.370 e. The third-order valence-electron chi connectivity index (χ3n) is 3.08. The minimum Gasteiger partial charge on any atom is -0.370 e. The Labute approximate surface area is 116 Å². The number of pyridine rings is 1. The highest BCUT2D eigenvalue weighted by atomic mass is 19.4. The van der Waals surface area contributed by atoms with Crippen LogP contribution in [0.3, 0.4) is 0 Å². The van der Waals surface area contributed by atoms with Crippen molar-refractivity contribution in [3.05, 3.63) is 35.4 Å². The van der Waals surface area contributed by atoms with E-state index in [2.05, 4.69) is 10.3 Å². The van der Waals surface area contributed by atoms with E-state index in [1.807, 2.05) is 13.8 Å². The fourth-order valence-electron chi connectivity index (χ4n) is 2.18. The van der Waals surface area contributed by atoms with Crippen LogP contribution in [0.1, 0.15) is 31.4 Å². The normalized spacial score (nSPS) is 11.8. The number of hydrogen-bond acceptors (Lipinski definition) is 2. The van der Waals surface area contributed by atoms with Gasteiger partial charge in [0, 0.05) is 11.9 Å². The Morgan fingerprint density at radius 3 is 2.50 bits per heavy atom. The lowest BCUT2D eigenvalue weighted by Crippen LogP contribution is -2.06. The van der Waals surface area contributed by atoms with Crippen molar-refractivity contribution in [3.8, 4) is 0 Å². The summed E-state index contributed by atoms with van der Waals surface area (Å²) in [5.41, 5.74) is 0.903. The van der Waals surface area contributed by atoms with Gasteiger partial charge in [-0.1, -0.05) is 13.3 Å². The van der Waals surface area contributed by atoms with Gasteiger partial charge in [-0.15, -0.1) is 0 Å². The fraction of sp³-hybridized carbons (Fsp3) is 0.400. The van der Waals surface area contributed by atoms with Crippen LogP contribution in [-0.4, -0.2) is 11.5 Å². The topological polar surface area (TPSA) is 24.9 Å². The van der Waals surface area contributed by atoms with Crippen molar-refractivity contribution in [2.24, 2.45) is 0 Å². The second kappa shape index (κ2) is 5.69. The zero-order valence-corrected chi connectivity index (χ0v) is 11.5. The average molecular weight is 282 g/mol. The maximum atomic E-state index is 12.7. The molecule has 0 aliphatic carbocycles. The summed E-state index contributed by atoms with van der Waals surface area (Å²) in [5.74, 6) is 0.765. The minimum atomic E-state index is -4.32. The van der Waals surface area contributed by atoms with Crippen molar-refractivity contribution in [2.75, 3.05) is 11.9 Å². The van der Waals surface area contributed by atoms with E-state index in [1.165, 1.54) is 6.07 Å². The van der Waals surface area contributed by atoms with Gasteiger partial charge in [-0.2, -0.15) is 13.2 Å². The molecule has 0 spiro atoms. The number of anilines is 1. The monoisotopic (exact) mass is 282 g/mol.